The lowest BCUT2D eigenvalue weighted by Crippen LogP contribution is -2.47. The van der Waals surface area contributed by atoms with E-state index in [2.05, 4.69) is 41.7 Å². The monoisotopic (exact) mass is 367 g/mol. The Morgan fingerprint density at radius 1 is 1.23 bits per heavy atom. The van der Waals surface area contributed by atoms with Gasteiger partial charge in [0.25, 0.3) is 0 Å². The number of carbonyl (C=O) groups excluding carboxylic acids is 1. The van der Waals surface area contributed by atoms with Gasteiger partial charge in [0.15, 0.2) is 5.96 Å². The van der Waals surface area contributed by atoms with Crippen molar-refractivity contribution in [3.63, 3.8) is 0 Å². The van der Waals surface area contributed by atoms with Crippen LogP contribution in [0, 0.1) is 5.92 Å². The molecule has 0 aromatic rings. The van der Waals surface area contributed by atoms with Gasteiger partial charge in [-0.2, -0.15) is 0 Å². The van der Waals surface area contributed by atoms with Crippen molar-refractivity contribution in [1.29, 1.82) is 0 Å². The highest BCUT2D eigenvalue weighted by Crippen LogP contribution is 2.24. The maximum atomic E-state index is 12.3. The molecule has 1 fully saturated rings. The Labute approximate surface area is 160 Å². The maximum absolute atomic E-state index is 12.3. The molecular formula is C20H41N5O. The highest BCUT2D eigenvalue weighted by atomic mass is 16.1. The minimum Gasteiger partial charge on any atom is -0.357 e. The van der Waals surface area contributed by atoms with Crippen molar-refractivity contribution in [2.45, 2.75) is 78.3 Å². The van der Waals surface area contributed by atoms with Crippen LogP contribution in [-0.4, -0.2) is 62.1 Å². The van der Waals surface area contributed by atoms with E-state index in [1.54, 1.807) is 0 Å². The quantitative estimate of drug-likeness (QED) is 0.409. The van der Waals surface area contributed by atoms with Crippen LogP contribution >= 0.6 is 0 Å². The Hall–Kier alpha value is -1.30. The second-order valence-corrected chi connectivity index (χ2v) is 7.79. The third-order valence-electron chi connectivity index (χ3n) is 4.81. The standard InChI is InChI=1S/C20H41N5O/c1-6-8-13-25(5)14-12-22-20(21-7-2)24-18-11-9-10-17(15-18)19(26)23-16(3)4/h16-18H,6-15H2,1-5H3,(H,23,26)(H2,21,22,24). The first-order valence-electron chi connectivity index (χ1n) is 10.5. The van der Waals surface area contributed by atoms with Crippen molar-refractivity contribution in [1.82, 2.24) is 20.9 Å². The molecule has 1 aliphatic rings. The van der Waals surface area contributed by atoms with Crippen LogP contribution in [0.3, 0.4) is 0 Å². The molecule has 0 spiro atoms. The molecule has 1 amide bonds. The predicted octanol–water partition coefficient (Wildman–Crippen LogP) is 2.36. The number of guanidine groups is 1. The number of amides is 1. The highest BCUT2D eigenvalue weighted by molar-refractivity contribution is 5.81. The summed E-state index contributed by atoms with van der Waals surface area (Å²) in [6, 6.07) is 0.529. The Morgan fingerprint density at radius 2 is 2.00 bits per heavy atom. The number of likely N-dealkylation sites (N-methyl/N-ethyl adjacent to an activating group) is 1. The number of carbonyl (C=O) groups is 1. The topological polar surface area (TPSA) is 68.8 Å². The summed E-state index contributed by atoms with van der Waals surface area (Å²) in [5.41, 5.74) is 0. The van der Waals surface area contributed by atoms with E-state index in [1.165, 1.54) is 12.8 Å². The number of unbranched alkanes of at least 4 members (excludes halogenated alkanes) is 1. The number of hydrogen-bond acceptors (Lipinski definition) is 3. The summed E-state index contributed by atoms with van der Waals surface area (Å²) in [7, 11) is 2.16. The average Bonchev–Trinajstić information content (AvgIpc) is 2.59. The highest BCUT2D eigenvalue weighted by Gasteiger charge is 2.27. The molecule has 152 valence electrons. The molecule has 6 heteroatoms. The van der Waals surface area contributed by atoms with Crippen LogP contribution in [0.25, 0.3) is 0 Å². The molecule has 0 saturated heterocycles. The molecule has 6 nitrogen and oxygen atoms in total. The van der Waals surface area contributed by atoms with Gasteiger partial charge < -0.3 is 20.9 Å². The van der Waals surface area contributed by atoms with Gasteiger partial charge in [-0.3, -0.25) is 9.79 Å². The summed E-state index contributed by atoms with van der Waals surface area (Å²) in [5, 5.41) is 9.95. The lowest BCUT2D eigenvalue weighted by molar-refractivity contribution is -0.126. The number of nitrogens with zero attached hydrogens (tertiary/aromatic N) is 2. The average molecular weight is 368 g/mol. The molecule has 3 N–H and O–H groups in total. The summed E-state index contributed by atoms with van der Waals surface area (Å²) in [4.78, 5) is 19.4. The number of rotatable bonds is 10. The minimum atomic E-state index is 0.117. The zero-order valence-corrected chi connectivity index (χ0v) is 17.6. The van der Waals surface area contributed by atoms with Crippen LogP contribution in [0.1, 0.15) is 66.2 Å². The first-order valence-corrected chi connectivity index (χ1v) is 10.5. The lowest BCUT2D eigenvalue weighted by atomic mass is 9.85. The molecule has 0 aliphatic heterocycles. The third-order valence-corrected chi connectivity index (χ3v) is 4.81. The number of nitrogens with one attached hydrogen (secondary N) is 3. The van der Waals surface area contributed by atoms with Crippen LogP contribution in [0.4, 0.5) is 0 Å². The van der Waals surface area contributed by atoms with Crippen molar-refractivity contribution in [2.24, 2.45) is 10.9 Å². The predicted molar refractivity (Wildman–Crippen MR) is 111 cm³/mol. The molecule has 0 aromatic heterocycles. The van der Waals surface area contributed by atoms with Crippen LogP contribution in [0.2, 0.25) is 0 Å². The van der Waals surface area contributed by atoms with Gasteiger partial charge in [-0.05, 0) is 60.0 Å². The Kier molecular flexibility index (Phi) is 11.3. The van der Waals surface area contributed by atoms with E-state index in [4.69, 9.17) is 4.99 Å². The molecule has 1 saturated carbocycles. The second kappa shape index (κ2) is 13.0. The maximum Gasteiger partial charge on any atom is 0.223 e. The zero-order valence-electron chi connectivity index (χ0n) is 17.6. The van der Waals surface area contributed by atoms with Gasteiger partial charge in [0.2, 0.25) is 5.91 Å². The Morgan fingerprint density at radius 3 is 2.65 bits per heavy atom. The van der Waals surface area contributed by atoms with E-state index in [0.29, 0.717) is 6.04 Å². The van der Waals surface area contributed by atoms with Gasteiger partial charge in [-0.1, -0.05) is 19.8 Å². The summed E-state index contributed by atoms with van der Waals surface area (Å²) >= 11 is 0. The molecule has 0 radical (unpaired) electrons. The van der Waals surface area contributed by atoms with E-state index in [0.717, 1.165) is 57.8 Å². The largest absolute Gasteiger partial charge is 0.357 e. The summed E-state index contributed by atoms with van der Waals surface area (Å²) < 4.78 is 0. The molecule has 0 bridgehead atoms. The van der Waals surface area contributed by atoms with Gasteiger partial charge in [0.1, 0.15) is 0 Å². The van der Waals surface area contributed by atoms with E-state index in [1.807, 2.05) is 13.8 Å². The molecule has 0 heterocycles. The van der Waals surface area contributed by atoms with Gasteiger partial charge >= 0.3 is 0 Å². The number of aliphatic imine (C=N–C) groups is 1. The molecule has 26 heavy (non-hydrogen) atoms. The summed E-state index contributed by atoms with van der Waals surface area (Å²) in [6.07, 6.45) is 6.54. The van der Waals surface area contributed by atoms with E-state index in [9.17, 15) is 4.79 Å². The normalized spacial score (nSPS) is 21.1. The van der Waals surface area contributed by atoms with Crippen LogP contribution in [0.5, 0.6) is 0 Å². The minimum absolute atomic E-state index is 0.117. The summed E-state index contributed by atoms with van der Waals surface area (Å²) in [5.74, 6) is 1.20. The molecule has 2 unspecified atom stereocenters. The van der Waals surface area contributed by atoms with Crippen molar-refractivity contribution >= 4 is 11.9 Å². The Bertz CT molecular complexity index is 424. The van der Waals surface area contributed by atoms with Gasteiger partial charge in [-0.15, -0.1) is 0 Å². The summed E-state index contributed by atoms with van der Waals surface area (Å²) in [6.45, 7) is 12.1. The van der Waals surface area contributed by atoms with Crippen molar-refractivity contribution in [3.05, 3.63) is 0 Å². The first kappa shape index (κ1) is 22.7. The third kappa shape index (κ3) is 9.41. The van der Waals surface area contributed by atoms with E-state index in [-0.39, 0.29) is 17.9 Å². The SMILES string of the molecule is CCCCN(C)CCN=C(NCC)NC1CCCC(C(=O)NC(C)C)C1. The second-order valence-electron chi connectivity index (χ2n) is 7.79. The van der Waals surface area contributed by atoms with E-state index < -0.39 is 0 Å². The fourth-order valence-corrected chi connectivity index (χ4v) is 3.35. The van der Waals surface area contributed by atoms with Crippen molar-refractivity contribution in [2.75, 3.05) is 33.2 Å². The fraction of sp³-hybridized carbons (Fsp3) is 0.900. The molecule has 1 rings (SSSR count). The Balaban J connectivity index is 2.49. The molecular weight excluding hydrogens is 326 g/mol. The number of hydrogen-bond donors (Lipinski definition) is 3. The van der Waals surface area contributed by atoms with Crippen molar-refractivity contribution in [3.8, 4) is 0 Å². The van der Waals surface area contributed by atoms with Crippen LogP contribution in [-0.2, 0) is 4.79 Å². The smallest absolute Gasteiger partial charge is 0.223 e. The van der Waals surface area contributed by atoms with Crippen LogP contribution in [0.15, 0.2) is 4.99 Å². The van der Waals surface area contributed by atoms with Crippen molar-refractivity contribution < 1.29 is 4.79 Å². The van der Waals surface area contributed by atoms with E-state index >= 15 is 0 Å². The van der Waals surface area contributed by atoms with Crippen LogP contribution < -0.4 is 16.0 Å². The molecule has 2 atom stereocenters. The zero-order chi connectivity index (χ0) is 19.4. The molecule has 1 aliphatic carbocycles. The fourth-order valence-electron chi connectivity index (χ4n) is 3.35. The van der Waals surface area contributed by atoms with Gasteiger partial charge in [0, 0.05) is 31.1 Å². The lowest BCUT2D eigenvalue weighted by Gasteiger charge is -2.30. The van der Waals surface area contributed by atoms with Gasteiger partial charge in [-0.25, -0.2) is 0 Å². The first-order chi connectivity index (χ1) is 12.5. The van der Waals surface area contributed by atoms with Gasteiger partial charge in [0.05, 0.1) is 6.54 Å². The molecule has 0 aromatic carbocycles.